The highest BCUT2D eigenvalue weighted by atomic mass is 79.9. The van der Waals surface area contributed by atoms with Gasteiger partial charge in [-0.15, -0.1) is 11.3 Å². The molecule has 0 aliphatic carbocycles. The molecule has 1 aromatic heterocycles. The molecule has 0 unspecified atom stereocenters. The van der Waals surface area contributed by atoms with Gasteiger partial charge in [-0.2, -0.15) is 27.2 Å². The quantitative estimate of drug-likeness (QED) is 0.173. The van der Waals surface area contributed by atoms with Crippen molar-refractivity contribution in [2.75, 3.05) is 19.8 Å². The molecule has 0 amide bonds. The maximum atomic E-state index is 15.3. The highest BCUT2D eigenvalue weighted by molar-refractivity contribution is 9.10. The highest BCUT2D eigenvalue weighted by Gasteiger charge is 2.57. The molecule has 0 spiro atoms. The number of alkyl halides is 5. The smallest absolute Gasteiger partial charge is 0.405 e. The van der Waals surface area contributed by atoms with Gasteiger partial charge in [0.15, 0.2) is 0 Å². The lowest BCUT2D eigenvalue weighted by atomic mass is 10.1. The zero-order chi connectivity index (χ0) is 23.4. The van der Waals surface area contributed by atoms with E-state index in [9.17, 15) is 23.0 Å². The Morgan fingerprint density at radius 3 is 2.29 bits per heavy atom. The minimum atomic E-state index is -4.89. The van der Waals surface area contributed by atoms with E-state index in [4.69, 9.17) is 13.8 Å². The fourth-order valence-electron chi connectivity index (χ4n) is 2.62. The van der Waals surface area contributed by atoms with Gasteiger partial charge < -0.3 is 13.8 Å². The van der Waals surface area contributed by atoms with Gasteiger partial charge in [-0.3, -0.25) is 4.57 Å². The number of thiophene rings is 1. The first kappa shape index (κ1) is 26.0. The number of halogens is 6. The van der Waals surface area contributed by atoms with Gasteiger partial charge in [-0.25, -0.2) is 0 Å². The fourth-order valence-corrected chi connectivity index (χ4v) is 6.64. The Morgan fingerprint density at radius 2 is 1.77 bits per heavy atom. The Kier molecular flexibility index (Phi) is 8.50. The number of hydrogen-bond acceptors (Lipinski definition) is 6. The van der Waals surface area contributed by atoms with Gasteiger partial charge in [0.25, 0.3) is 0 Å². The van der Waals surface area contributed by atoms with Gasteiger partial charge >= 0.3 is 19.4 Å². The van der Waals surface area contributed by atoms with Crippen LogP contribution < -0.4 is 4.74 Å². The summed E-state index contributed by atoms with van der Waals surface area (Å²) in [7, 11) is -4.89. The van der Waals surface area contributed by atoms with Gasteiger partial charge in [0.05, 0.1) is 36.2 Å². The molecule has 0 saturated carbocycles. The molecule has 0 fully saturated rings. The first-order valence-corrected chi connectivity index (χ1v) is 12.2. The van der Waals surface area contributed by atoms with Crippen LogP contribution in [0, 0.1) is 11.3 Å². The summed E-state index contributed by atoms with van der Waals surface area (Å²) in [6.45, 7) is 1.91. The third-order valence-corrected chi connectivity index (χ3v) is 8.54. The maximum absolute atomic E-state index is 15.3. The Labute approximate surface area is 187 Å². The molecule has 0 radical (unpaired) electrons. The zero-order valence-electron chi connectivity index (χ0n) is 16.4. The van der Waals surface area contributed by atoms with Crippen molar-refractivity contribution in [2.24, 2.45) is 0 Å². The highest BCUT2D eigenvalue weighted by Crippen LogP contribution is 2.69. The summed E-state index contributed by atoms with van der Waals surface area (Å²) in [5.41, 5.74) is -3.97. The molecular formula is C18H18BrF5NO4PS. The van der Waals surface area contributed by atoms with E-state index in [-0.39, 0.29) is 52.1 Å². The molecule has 0 aliphatic rings. The molecule has 0 saturated heterocycles. The number of nitriles is 1. The molecule has 5 nitrogen and oxygen atoms in total. The van der Waals surface area contributed by atoms with Crippen molar-refractivity contribution in [3.63, 3.8) is 0 Å². The molecule has 0 bridgehead atoms. The van der Waals surface area contributed by atoms with Crippen molar-refractivity contribution in [1.82, 2.24) is 0 Å². The van der Waals surface area contributed by atoms with E-state index in [0.717, 1.165) is 0 Å². The van der Waals surface area contributed by atoms with Crippen LogP contribution in [-0.2, 0) is 19.3 Å². The lowest BCUT2D eigenvalue weighted by molar-refractivity contribution is -0.136. The normalized spacial score (nSPS) is 12.9. The van der Waals surface area contributed by atoms with Gasteiger partial charge in [-0.05, 0) is 48.3 Å². The van der Waals surface area contributed by atoms with Gasteiger partial charge in [0.2, 0.25) is 0 Å². The molecule has 0 aliphatic heterocycles. The molecule has 1 heterocycles. The van der Waals surface area contributed by atoms with E-state index < -0.39 is 30.7 Å². The number of benzene rings is 1. The van der Waals surface area contributed by atoms with Gasteiger partial charge in [-0.1, -0.05) is 0 Å². The molecule has 2 rings (SSSR count). The molecule has 0 atom stereocenters. The van der Waals surface area contributed by atoms with E-state index in [1.54, 1.807) is 0 Å². The van der Waals surface area contributed by atoms with Crippen molar-refractivity contribution in [3.8, 4) is 11.8 Å². The summed E-state index contributed by atoms with van der Waals surface area (Å²) in [5, 5.41) is 9.40. The van der Waals surface area contributed by atoms with Crippen molar-refractivity contribution in [3.05, 3.63) is 27.0 Å². The monoisotopic (exact) mass is 549 g/mol. The molecular weight excluding hydrogens is 532 g/mol. The van der Waals surface area contributed by atoms with Crippen molar-refractivity contribution < 1.29 is 40.3 Å². The average molecular weight is 550 g/mol. The minimum absolute atomic E-state index is 0.0216. The molecule has 172 valence electrons. The summed E-state index contributed by atoms with van der Waals surface area (Å²) in [6.07, 6.45) is -5.77. The van der Waals surface area contributed by atoms with Crippen LogP contribution in [0.25, 0.3) is 10.1 Å². The summed E-state index contributed by atoms with van der Waals surface area (Å²) in [4.78, 5) is -0.664. The van der Waals surface area contributed by atoms with Crippen LogP contribution in [0.1, 0.15) is 37.1 Å². The molecule has 2 aromatic rings. The zero-order valence-corrected chi connectivity index (χ0v) is 19.7. The van der Waals surface area contributed by atoms with E-state index in [1.165, 1.54) is 26.0 Å². The lowest BCUT2D eigenvalue weighted by Gasteiger charge is -2.25. The molecule has 13 heteroatoms. The van der Waals surface area contributed by atoms with E-state index in [1.807, 2.05) is 6.07 Å². The van der Waals surface area contributed by atoms with Crippen LogP contribution in [0.4, 0.5) is 22.0 Å². The first-order chi connectivity index (χ1) is 14.4. The average Bonchev–Trinajstić information content (AvgIpc) is 3.02. The van der Waals surface area contributed by atoms with Gasteiger partial charge in [0, 0.05) is 16.3 Å². The summed E-state index contributed by atoms with van der Waals surface area (Å²) >= 11 is 3.61. The molecule has 31 heavy (non-hydrogen) atoms. The van der Waals surface area contributed by atoms with Crippen LogP contribution >= 0.6 is 34.9 Å². The summed E-state index contributed by atoms with van der Waals surface area (Å²) in [5.74, 6) is -0.0216. The standard InChI is InChI=1S/C18H18BrF5NO4PS/c1-3-28-30(26,29-4-2)18(23,24)16-14(19)12-8-11(10-25)9-13(15(12)31-16)27-7-5-6-17(20,21)22/h8-9H,3-7H2,1-2H3. The first-order valence-electron chi connectivity index (χ1n) is 9.03. The third-order valence-electron chi connectivity index (χ3n) is 3.90. The predicted molar refractivity (Wildman–Crippen MR) is 110 cm³/mol. The van der Waals surface area contributed by atoms with E-state index in [0.29, 0.717) is 11.3 Å². The van der Waals surface area contributed by atoms with E-state index in [2.05, 4.69) is 15.9 Å². The third kappa shape index (κ3) is 5.76. The van der Waals surface area contributed by atoms with Crippen molar-refractivity contribution in [1.29, 1.82) is 5.26 Å². The Balaban J connectivity index is 2.52. The van der Waals surface area contributed by atoms with Crippen LogP contribution in [0.15, 0.2) is 16.6 Å². The number of rotatable bonds is 10. The number of hydrogen-bond donors (Lipinski definition) is 0. The van der Waals surface area contributed by atoms with Crippen molar-refractivity contribution >= 4 is 44.9 Å². The van der Waals surface area contributed by atoms with E-state index >= 15 is 8.78 Å². The lowest BCUT2D eigenvalue weighted by Crippen LogP contribution is -2.17. The minimum Gasteiger partial charge on any atom is -0.492 e. The number of fused-ring (bicyclic) bond motifs is 1. The van der Waals surface area contributed by atoms with Crippen LogP contribution in [0.3, 0.4) is 0 Å². The second kappa shape index (κ2) is 10.1. The van der Waals surface area contributed by atoms with Crippen LogP contribution in [0.5, 0.6) is 5.75 Å². The summed E-state index contributed by atoms with van der Waals surface area (Å²) < 4.78 is 95.4. The maximum Gasteiger partial charge on any atom is 0.405 e. The Morgan fingerprint density at radius 1 is 1.16 bits per heavy atom. The fraction of sp³-hybridized carbons (Fsp3) is 0.500. The second-order valence-corrected chi connectivity index (χ2v) is 10.0. The molecule has 1 aromatic carbocycles. The molecule has 0 N–H and O–H groups in total. The SMILES string of the molecule is CCOP(=O)(OCC)C(F)(F)c1sc2c(OCCCC(F)(F)F)cc(C#N)cc2c1Br. The Hall–Kier alpha value is -1.25. The second-order valence-electron chi connectivity index (χ2n) is 6.15. The number of nitrogens with zero attached hydrogens (tertiary/aromatic N) is 1. The van der Waals surface area contributed by atoms with Crippen LogP contribution in [-0.4, -0.2) is 26.0 Å². The van der Waals surface area contributed by atoms with Gasteiger partial charge in [0.1, 0.15) is 10.6 Å². The predicted octanol–water partition coefficient (Wildman–Crippen LogP) is 7.57. The topological polar surface area (TPSA) is 68.6 Å². The van der Waals surface area contributed by atoms with Crippen LogP contribution in [0.2, 0.25) is 0 Å². The summed E-state index contributed by atoms with van der Waals surface area (Å²) in [6, 6.07) is 4.43. The Bertz CT molecular complexity index is 1010. The van der Waals surface area contributed by atoms with Crippen molar-refractivity contribution in [2.45, 2.75) is 38.5 Å². The number of ether oxygens (including phenoxy) is 1. The largest absolute Gasteiger partial charge is 0.492 e.